The van der Waals surface area contributed by atoms with Crippen LogP contribution in [0.5, 0.6) is 0 Å². The van der Waals surface area contributed by atoms with Crippen LogP contribution < -0.4 is 0 Å². The molecular weight excluding hydrogens is 224 g/mol. The Morgan fingerprint density at radius 2 is 2.19 bits per heavy atom. The van der Waals surface area contributed by atoms with Gasteiger partial charge in [0.25, 0.3) is 0 Å². The molecule has 0 saturated carbocycles. The summed E-state index contributed by atoms with van der Waals surface area (Å²) in [5.74, 6) is 0.399. The number of aromatic nitrogens is 1. The number of likely N-dealkylation sites (N-methyl/N-ethyl adjacent to an activating group) is 1. The highest BCUT2D eigenvalue weighted by molar-refractivity contribution is 8.00. The number of hydrogen-bond donors (Lipinski definition) is 1. The third-order valence-electron chi connectivity index (χ3n) is 1.98. The van der Waals surface area contributed by atoms with Gasteiger partial charge < -0.3 is 10.0 Å². The molecule has 1 heterocycles. The quantitative estimate of drug-likeness (QED) is 0.781. The molecule has 88 valence electrons. The standard InChI is InChI=1S/C11H16N2O2S/c1-9(14)7-13(2)11(15)8-16-10-3-5-12-6-4-10/h3-6,9,14H,7-8H2,1-2H3. The smallest absolute Gasteiger partial charge is 0.232 e. The molecule has 1 aromatic heterocycles. The monoisotopic (exact) mass is 240 g/mol. The molecule has 1 unspecified atom stereocenters. The van der Waals surface area contributed by atoms with Crippen molar-refractivity contribution in [1.29, 1.82) is 0 Å². The van der Waals surface area contributed by atoms with Crippen LogP contribution in [0, 0.1) is 0 Å². The van der Waals surface area contributed by atoms with Gasteiger partial charge in [-0.3, -0.25) is 9.78 Å². The minimum absolute atomic E-state index is 0.0164. The first kappa shape index (κ1) is 13.0. The molecule has 0 fully saturated rings. The molecule has 0 aromatic carbocycles. The summed E-state index contributed by atoms with van der Waals surface area (Å²) in [5, 5.41) is 9.15. The van der Waals surface area contributed by atoms with Gasteiger partial charge in [-0.15, -0.1) is 11.8 Å². The number of pyridine rings is 1. The number of carbonyl (C=O) groups is 1. The molecule has 1 aromatic rings. The lowest BCUT2D eigenvalue weighted by Crippen LogP contribution is -2.34. The number of rotatable bonds is 5. The molecule has 0 radical (unpaired) electrons. The fourth-order valence-electron chi connectivity index (χ4n) is 1.19. The molecule has 0 spiro atoms. The SMILES string of the molecule is CC(O)CN(C)C(=O)CSc1ccncc1. The van der Waals surface area contributed by atoms with E-state index in [4.69, 9.17) is 5.11 Å². The van der Waals surface area contributed by atoms with Gasteiger partial charge in [0.15, 0.2) is 0 Å². The number of thioether (sulfide) groups is 1. The summed E-state index contributed by atoms with van der Waals surface area (Å²) >= 11 is 1.47. The highest BCUT2D eigenvalue weighted by Crippen LogP contribution is 2.16. The van der Waals surface area contributed by atoms with Gasteiger partial charge in [-0.2, -0.15) is 0 Å². The van der Waals surface area contributed by atoms with Crippen LogP contribution in [0.25, 0.3) is 0 Å². The predicted molar refractivity (Wildman–Crippen MR) is 64.3 cm³/mol. The third-order valence-corrected chi connectivity index (χ3v) is 2.97. The molecule has 0 aliphatic heterocycles. The molecule has 16 heavy (non-hydrogen) atoms. The Morgan fingerprint density at radius 1 is 1.56 bits per heavy atom. The Kier molecular flexibility index (Phi) is 5.28. The van der Waals surface area contributed by atoms with Crippen LogP contribution in [-0.4, -0.2) is 46.3 Å². The molecule has 0 aliphatic carbocycles. The molecule has 1 N–H and O–H groups in total. The van der Waals surface area contributed by atoms with E-state index in [1.165, 1.54) is 11.8 Å². The number of aliphatic hydroxyl groups excluding tert-OH is 1. The van der Waals surface area contributed by atoms with Gasteiger partial charge in [-0.1, -0.05) is 0 Å². The van der Waals surface area contributed by atoms with Crippen molar-refractivity contribution in [2.75, 3.05) is 19.3 Å². The molecule has 0 bridgehead atoms. The van der Waals surface area contributed by atoms with Crippen LogP contribution in [0.1, 0.15) is 6.92 Å². The second-order valence-corrected chi connectivity index (χ2v) is 4.64. The van der Waals surface area contributed by atoms with Crippen LogP contribution in [0.15, 0.2) is 29.4 Å². The van der Waals surface area contributed by atoms with Crippen molar-refractivity contribution < 1.29 is 9.90 Å². The van der Waals surface area contributed by atoms with Gasteiger partial charge in [0.2, 0.25) is 5.91 Å². The summed E-state index contributed by atoms with van der Waals surface area (Å²) in [5.41, 5.74) is 0. The molecular formula is C11H16N2O2S. The maximum atomic E-state index is 11.6. The highest BCUT2D eigenvalue weighted by Gasteiger charge is 2.10. The largest absolute Gasteiger partial charge is 0.392 e. The lowest BCUT2D eigenvalue weighted by Gasteiger charge is -2.18. The third kappa shape index (κ3) is 4.63. The second kappa shape index (κ2) is 6.50. The second-order valence-electron chi connectivity index (χ2n) is 3.59. The van der Waals surface area contributed by atoms with Crippen molar-refractivity contribution in [3.63, 3.8) is 0 Å². The van der Waals surface area contributed by atoms with Crippen molar-refractivity contribution in [1.82, 2.24) is 9.88 Å². The fraction of sp³-hybridized carbons (Fsp3) is 0.455. The van der Waals surface area contributed by atoms with E-state index in [0.29, 0.717) is 12.3 Å². The van der Waals surface area contributed by atoms with E-state index >= 15 is 0 Å². The van der Waals surface area contributed by atoms with Gasteiger partial charge in [0, 0.05) is 30.9 Å². The number of carbonyl (C=O) groups excluding carboxylic acids is 1. The molecule has 4 nitrogen and oxygen atoms in total. The van der Waals surface area contributed by atoms with Crippen LogP contribution >= 0.6 is 11.8 Å². The average Bonchev–Trinajstić information content (AvgIpc) is 2.26. The first-order valence-corrected chi connectivity index (χ1v) is 6.03. The zero-order valence-corrected chi connectivity index (χ0v) is 10.3. The molecule has 5 heteroatoms. The van der Waals surface area contributed by atoms with Crippen molar-refractivity contribution in [3.8, 4) is 0 Å². The lowest BCUT2D eigenvalue weighted by molar-refractivity contribution is -0.128. The minimum Gasteiger partial charge on any atom is -0.392 e. The van der Waals surface area contributed by atoms with Crippen molar-refractivity contribution >= 4 is 17.7 Å². The summed E-state index contributed by atoms with van der Waals surface area (Å²) in [6.07, 6.45) is 2.92. The maximum absolute atomic E-state index is 11.6. The predicted octanol–water partition coefficient (Wildman–Crippen LogP) is 1.01. The molecule has 0 saturated heterocycles. The summed E-state index contributed by atoms with van der Waals surface area (Å²) in [4.78, 5) is 18.1. The molecule has 0 aliphatic rings. The Labute approximate surface area is 99.7 Å². The van der Waals surface area contributed by atoms with Crippen LogP contribution in [-0.2, 0) is 4.79 Å². The van der Waals surface area contributed by atoms with E-state index in [1.54, 1.807) is 31.3 Å². The zero-order chi connectivity index (χ0) is 12.0. The number of nitrogens with zero attached hydrogens (tertiary/aromatic N) is 2. The van der Waals surface area contributed by atoms with Crippen LogP contribution in [0.2, 0.25) is 0 Å². The van der Waals surface area contributed by atoms with Crippen molar-refractivity contribution in [3.05, 3.63) is 24.5 Å². The maximum Gasteiger partial charge on any atom is 0.232 e. The number of amides is 1. The molecule has 1 atom stereocenters. The van der Waals surface area contributed by atoms with Gasteiger partial charge in [-0.05, 0) is 19.1 Å². The molecule has 1 rings (SSSR count). The van der Waals surface area contributed by atoms with E-state index in [1.807, 2.05) is 12.1 Å². The van der Waals surface area contributed by atoms with E-state index in [9.17, 15) is 4.79 Å². The first-order valence-electron chi connectivity index (χ1n) is 5.04. The number of hydrogen-bond acceptors (Lipinski definition) is 4. The molecule has 1 amide bonds. The Balaban J connectivity index is 2.35. The lowest BCUT2D eigenvalue weighted by atomic mass is 10.4. The summed E-state index contributed by atoms with van der Waals surface area (Å²) < 4.78 is 0. The van der Waals surface area contributed by atoms with Crippen LogP contribution in [0.4, 0.5) is 0 Å². The van der Waals surface area contributed by atoms with Crippen LogP contribution in [0.3, 0.4) is 0 Å². The first-order chi connectivity index (χ1) is 7.59. The minimum atomic E-state index is -0.486. The summed E-state index contributed by atoms with van der Waals surface area (Å²) in [6, 6.07) is 3.74. The Bertz CT molecular complexity index is 330. The highest BCUT2D eigenvalue weighted by atomic mass is 32.2. The van der Waals surface area contributed by atoms with E-state index < -0.39 is 6.10 Å². The van der Waals surface area contributed by atoms with Gasteiger partial charge in [-0.25, -0.2) is 0 Å². The van der Waals surface area contributed by atoms with E-state index in [-0.39, 0.29) is 5.91 Å². The van der Waals surface area contributed by atoms with Gasteiger partial charge in [0.05, 0.1) is 11.9 Å². The summed E-state index contributed by atoms with van der Waals surface area (Å²) in [7, 11) is 1.70. The van der Waals surface area contributed by atoms with E-state index in [0.717, 1.165) is 4.90 Å². The van der Waals surface area contributed by atoms with Crippen molar-refractivity contribution in [2.24, 2.45) is 0 Å². The van der Waals surface area contributed by atoms with Crippen molar-refractivity contribution in [2.45, 2.75) is 17.9 Å². The zero-order valence-electron chi connectivity index (χ0n) is 9.46. The Morgan fingerprint density at radius 3 is 2.75 bits per heavy atom. The van der Waals surface area contributed by atoms with Gasteiger partial charge in [0.1, 0.15) is 0 Å². The topological polar surface area (TPSA) is 53.4 Å². The Hall–Kier alpha value is -1.07. The fourth-order valence-corrected chi connectivity index (χ4v) is 2.01. The average molecular weight is 240 g/mol. The normalized spacial score (nSPS) is 12.2. The van der Waals surface area contributed by atoms with E-state index in [2.05, 4.69) is 4.98 Å². The number of aliphatic hydroxyl groups is 1. The van der Waals surface area contributed by atoms with Gasteiger partial charge >= 0.3 is 0 Å². The summed E-state index contributed by atoms with van der Waals surface area (Å²) in [6.45, 7) is 2.04.